The van der Waals surface area contributed by atoms with E-state index in [0.717, 1.165) is 0 Å². The Morgan fingerprint density at radius 2 is 1.90 bits per heavy atom. The molecule has 2 unspecified atom stereocenters. The van der Waals surface area contributed by atoms with Gasteiger partial charge in [0.25, 0.3) is 0 Å². The van der Waals surface area contributed by atoms with Crippen LogP contribution in [0.25, 0.3) is 0 Å². The van der Waals surface area contributed by atoms with Gasteiger partial charge in [0.1, 0.15) is 11.9 Å². The highest BCUT2D eigenvalue weighted by molar-refractivity contribution is 7.93. The van der Waals surface area contributed by atoms with E-state index in [9.17, 15) is 17.9 Å². The van der Waals surface area contributed by atoms with E-state index < -0.39 is 31.8 Å². The van der Waals surface area contributed by atoms with Gasteiger partial charge in [-0.05, 0) is 31.7 Å². The number of rotatable bonds is 1. The van der Waals surface area contributed by atoms with Crippen molar-refractivity contribution in [2.45, 2.75) is 41.8 Å². The summed E-state index contributed by atoms with van der Waals surface area (Å²) in [7, 11) is -3.18. The van der Waals surface area contributed by atoms with Crippen molar-refractivity contribution in [1.29, 1.82) is 5.26 Å². The highest BCUT2D eigenvalue weighted by Gasteiger charge is 2.53. The van der Waals surface area contributed by atoms with Crippen molar-refractivity contribution in [3.05, 3.63) is 35.1 Å². The lowest BCUT2D eigenvalue weighted by atomic mass is 9.85. The van der Waals surface area contributed by atoms with E-state index in [1.54, 1.807) is 6.07 Å². The van der Waals surface area contributed by atoms with Gasteiger partial charge in [-0.15, -0.1) is 0 Å². The topological polar surface area (TPSA) is 78.2 Å². The molecule has 2 bridgehead atoms. The summed E-state index contributed by atoms with van der Waals surface area (Å²) in [5.41, 5.74) is -1.58. The Bertz CT molecular complexity index is 688. The Labute approximate surface area is 116 Å². The van der Waals surface area contributed by atoms with Gasteiger partial charge in [-0.1, -0.05) is 12.1 Å². The summed E-state index contributed by atoms with van der Waals surface area (Å²) in [4.78, 5) is 0. The molecular formula is C14H14FNO3S. The predicted octanol–water partition coefficient (Wildman–Crippen LogP) is 1.62. The van der Waals surface area contributed by atoms with Gasteiger partial charge in [-0.3, -0.25) is 0 Å². The van der Waals surface area contributed by atoms with Crippen LogP contribution in [0.1, 0.15) is 36.8 Å². The van der Waals surface area contributed by atoms with Gasteiger partial charge in [-0.2, -0.15) is 5.26 Å². The maximum absolute atomic E-state index is 14.2. The lowest BCUT2D eigenvalue weighted by Gasteiger charge is -2.36. The molecule has 106 valence electrons. The molecule has 0 aliphatic carbocycles. The van der Waals surface area contributed by atoms with Gasteiger partial charge >= 0.3 is 0 Å². The molecular weight excluding hydrogens is 281 g/mol. The second kappa shape index (κ2) is 4.27. The van der Waals surface area contributed by atoms with Gasteiger partial charge < -0.3 is 5.11 Å². The van der Waals surface area contributed by atoms with Gasteiger partial charge in [0.05, 0.1) is 21.7 Å². The highest BCUT2D eigenvalue weighted by Crippen LogP contribution is 2.48. The number of hydrogen-bond acceptors (Lipinski definition) is 4. The molecule has 1 N–H and O–H groups in total. The fraction of sp³-hybridized carbons (Fsp3) is 0.500. The number of halogens is 1. The summed E-state index contributed by atoms with van der Waals surface area (Å²) < 4.78 is 38.3. The standard InChI is InChI=1S/C14H14FNO3S/c15-13-9(8-16)2-1-3-12(13)14(17)6-10-4-5-11(7-14)20(10,18)19/h1-3,10-11,17H,4-7H2. The second-order valence-corrected chi connectivity index (χ2v) is 8.14. The fourth-order valence-electron chi connectivity index (χ4n) is 3.44. The van der Waals surface area contributed by atoms with Crippen molar-refractivity contribution in [3.63, 3.8) is 0 Å². The first-order valence-corrected chi connectivity index (χ1v) is 8.13. The van der Waals surface area contributed by atoms with Crippen molar-refractivity contribution >= 4 is 9.84 Å². The van der Waals surface area contributed by atoms with E-state index in [0.29, 0.717) is 12.8 Å². The van der Waals surface area contributed by atoms with Crippen molar-refractivity contribution in [1.82, 2.24) is 0 Å². The van der Waals surface area contributed by atoms with Gasteiger partial charge in [0.2, 0.25) is 0 Å². The van der Waals surface area contributed by atoms with Crippen LogP contribution in [0.3, 0.4) is 0 Å². The number of aliphatic hydroxyl groups is 1. The molecule has 2 aliphatic rings. The van der Waals surface area contributed by atoms with E-state index in [1.165, 1.54) is 18.2 Å². The summed E-state index contributed by atoms with van der Waals surface area (Å²) in [6.45, 7) is 0. The summed E-state index contributed by atoms with van der Waals surface area (Å²) >= 11 is 0. The average molecular weight is 295 g/mol. The first-order chi connectivity index (χ1) is 9.38. The summed E-state index contributed by atoms with van der Waals surface area (Å²) in [6.07, 6.45) is 1.07. The minimum absolute atomic E-state index is 0.0115. The first-order valence-electron chi connectivity index (χ1n) is 6.53. The molecule has 2 saturated heterocycles. The zero-order valence-corrected chi connectivity index (χ0v) is 11.5. The maximum Gasteiger partial charge on any atom is 0.156 e. The quantitative estimate of drug-likeness (QED) is 0.854. The molecule has 1 aromatic rings. The lowest BCUT2D eigenvalue weighted by Crippen LogP contribution is -2.43. The molecule has 4 nitrogen and oxygen atoms in total. The Kier molecular flexibility index (Phi) is 2.89. The van der Waals surface area contributed by atoms with Gasteiger partial charge in [0, 0.05) is 5.56 Å². The Morgan fingerprint density at radius 3 is 2.45 bits per heavy atom. The molecule has 0 aromatic heterocycles. The monoisotopic (exact) mass is 295 g/mol. The molecule has 1 aromatic carbocycles. The number of sulfone groups is 1. The zero-order chi connectivity index (χ0) is 14.5. The van der Waals surface area contributed by atoms with E-state index in [4.69, 9.17) is 5.26 Å². The van der Waals surface area contributed by atoms with Crippen LogP contribution in [0.2, 0.25) is 0 Å². The number of fused-ring (bicyclic) bond motifs is 2. The van der Waals surface area contributed by atoms with E-state index >= 15 is 0 Å². The summed E-state index contributed by atoms with van der Waals surface area (Å²) in [6, 6.07) is 6.04. The third-order valence-corrected chi connectivity index (χ3v) is 7.15. The Balaban J connectivity index is 2.06. The zero-order valence-electron chi connectivity index (χ0n) is 10.7. The molecule has 3 rings (SSSR count). The molecule has 20 heavy (non-hydrogen) atoms. The highest BCUT2D eigenvalue weighted by atomic mass is 32.2. The molecule has 0 amide bonds. The third-order valence-electron chi connectivity index (χ3n) is 4.49. The van der Waals surface area contributed by atoms with Crippen LogP contribution < -0.4 is 0 Å². The molecule has 0 radical (unpaired) electrons. The summed E-state index contributed by atoms with van der Waals surface area (Å²) in [5, 5.41) is 18.4. The number of benzene rings is 1. The van der Waals surface area contributed by atoms with Crippen molar-refractivity contribution in [3.8, 4) is 6.07 Å². The molecule has 0 saturated carbocycles. The van der Waals surface area contributed by atoms with Crippen LogP contribution in [-0.2, 0) is 15.4 Å². The molecule has 2 aliphatic heterocycles. The van der Waals surface area contributed by atoms with Crippen LogP contribution in [0.15, 0.2) is 18.2 Å². The van der Waals surface area contributed by atoms with Gasteiger partial charge in [0.15, 0.2) is 9.84 Å². The molecule has 2 atom stereocenters. The number of hydrogen-bond donors (Lipinski definition) is 1. The third kappa shape index (κ3) is 1.77. The Hall–Kier alpha value is -1.45. The number of nitrogens with zero attached hydrogens (tertiary/aromatic N) is 1. The second-order valence-electron chi connectivity index (χ2n) is 5.63. The SMILES string of the molecule is N#Cc1cccc(C2(O)CC3CCC(C2)S3(=O)=O)c1F. The van der Waals surface area contributed by atoms with E-state index in [2.05, 4.69) is 0 Å². The Morgan fingerprint density at radius 1 is 1.30 bits per heavy atom. The normalized spacial score (nSPS) is 34.6. The van der Waals surface area contributed by atoms with Crippen LogP contribution >= 0.6 is 0 Å². The van der Waals surface area contributed by atoms with E-state index in [1.807, 2.05) is 0 Å². The van der Waals surface area contributed by atoms with Crippen molar-refractivity contribution < 1.29 is 17.9 Å². The summed E-state index contributed by atoms with van der Waals surface area (Å²) in [5.74, 6) is -0.740. The smallest absolute Gasteiger partial charge is 0.156 e. The van der Waals surface area contributed by atoms with E-state index in [-0.39, 0.29) is 24.0 Å². The van der Waals surface area contributed by atoms with Crippen LogP contribution in [0.5, 0.6) is 0 Å². The molecule has 6 heteroatoms. The van der Waals surface area contributed by atoms with Crippen LogP contribution in [0, 0.1) is 17.1 Å². The average Bonchev–Trinajstić information content (AvgIpc) is 2.59. The van der Waals surface area contributed by atoms with Crippen molar-refractivity contribution in [2.75, 3.05) is 0 Å². The fourth-order valence-corrected chi connectivity index (χ4v) is 5.93. The van der Waals surface area contributed by atoms with Crippen molar-refractivity contribution in [2.24, 2.45) is 0 Å². The maximum atomic E-state index is 14.2. The van der Waals surface area contributed by atoms with Crippen LogP contribution in [-0.4, -0.2) is 24.0 Å². The minimum atomic E-state index is -3.18. The first kappa shape index (κ1) is 13.5. The largest absolute Gasteiger partial charge is 0.385 e. The molecule has 2 heterocycles. The molecule has 0 spiro atoms. The number of nitriles is 1. The van der Waals surface area contributed by atoms with Gasteiger partial charge in [-0.25, -0.2) is 12.8 Å². The molecule has 2 fully saturated rings. The predicted molar refractivity (Wildman–Crippen MR) is 70.0 cm³/mol. The minimum Gasteiger partial charge on any atom is -0.385 e. The lowest BCUT2D eigenvalue weighted by molar-refractivity contribution is 0.0139. The van der Waals surface area contributed by atoms with Crippen LogP contribution in [0.4, 0.5) is 4.39 Å².